The van der Waals surface area contributed by atoms with Crippen molar-refractivity contribution in [2.24, 2.45) is 11.8 Å². The van der Waals surface area contributed by atoms with Gasteiger partial charge in [-0.3, -0.25) is 9.59 Å². The van der Waals surface area contributed by atoms with Crippen LogP contribution >= 0.6 is 23.2 Å². The summed E-state index contributed by atoms with van der Waals surface area (Å²) in [6.45, 7) is 3.59. The fraction of sp³-hybridized carbons (Fsp3) is 0.385. The number of halogens is 2. The first kappa shape index (κ1) is 16.6. The molecule has 1 aromatic carbocycles. The van der Waals surface area contributed by atoms with Gasteiger partial charge in [0, 0.05) is 12.1 Å². The van der Waals surface area contributed by atoms with E-state index in [2.05, 4.69) is 5.32 Å². The number of nitrogens with two attached hydrogens (primary N) is 1. The summed E-state index contributed by atoms with van der Waals surface area (Å²) in [4.78, 5) is 23.0. The second-order valence-electron chi connectivity index (χ2n) is 4.75. The third kappa shape index (κ3) is 4.02. The normalized spacial score (nSPS) is 12.2. The molecule has 0 bridgehead atoms. The van der Waals surface area contributed by atoms with E-state index >= 15 is 0 Å². The molecule has 1 unspecified atom stereocenters. The molecule has 0 fully saturated rings. The molecule has 20 heavy (non-hydrogen) atoms. The summed E-state index contributed by atoms with van der Waals surface area (Å²) in [5.41, 5.74) is 6.02. The number of amides is 1. The Bertz CT molecular complexity index is 509. The number of carbonyl (C=O) groups is 2. The van der Waals surface area contributed by atoms with Crippen molar-refractivity contribution in [3.63, 3.8) is 0 Å². The fourth-order valence-electron chi connectivity index (χ4n) is 1.63. The maximum atomic E-state index is 11.9. The molecule has 1 rings (SSSR count). The maximum Gasteiger partial charge on any atom is 0.308 e. The second kappa shape index (κ2) is 6.81. The van der Waals surface area contributed by atoms with E-state index in [0.29, 0.717) is 0 Å². The number of hydrogen-bond donors (Lipinski definition) is 3. The minimum atomic E-state index is -0.950. The van der Waals surface area contributed by atoms with Crippen molar-refractivity contribution in [1.82, 2.24) is 5.32 Å². The van der Waals surface area contributed by atoms with Gasteiger partial charge in [0.1, 0.15) is 0 Å². The smallest absolute Gasteiger partial charge is 0.308 e. The number of anilines is 1. The van der Waals surface area contributed by atoms with E-state index in [0.717, 1.165) is 0 Å². The Labute approximate surface area is 127 Å². The fourth-order valence-corrected chi connectivity index (χ4v) is 2.12. The summed E-state index contributed by atoms with van der Waals surface area (Å²) in [5, 5.41) is 12.0. The van der Waals surface area contributed by atoms with E-state index in [1.807, 2.05) is 0 Å². The van der Waals surface area contributed by atoms with Gasteiger partial charge in [-0.25, -0.2) is 0 Å². The summed E-state index contributed by atoms with van der Waals surface area (Å²) < 4.78 is 0. The highest BCUT2D eigenvalue weighted by Crippen LogP contribution is 2.28. The van der Waals surface area contributed by atoms with Gasteiger partial charge in [-0.2, -0.15) is 0 Å². The maximum absolute atomic E-state index is 11.9. The molecule has 0 saturated carbocycles. The van der Waals surface area contributed by atoms with Gasteiger partial charge in [0.25, 0.3) is 5.91 Å². The summed E-state index contributed by atoms with van der Waals surface area (Å²) in [6, 6.07) is 2.78. The standard InChI is InChI=1S/C13H16Cl2N2O3/c1-6(2)8(13(19)20)5-17-12(18)7-3-9(14)11(16)10(15)4-7/h3-4,6,8H,5,16H2,1-2H3,(H,17,18)(H,19,20). The highest BCUT2D eigenvalue weighted by atomic mass is 35.5. The highest BCUT2D eigenvalue weighted by Gasteiger charge is 2.22. The van der Waals surface area contributed by atoms with Crippen LogP contribution in [-0.2, 0) is 4.79 Å². The van der Waals surface area contributed by atoms with Crippen molar-refractivity contribution >= 4 is 40.8 Å². The molecule has 0 aromatic heterocycles. The van der Waals surface area contributed by atoms with Crippen LogP contribution < -0.4 is 11.1 Å². The molecule has 110 valence electrons. The number of carboxylic acid groups (broad SMARTS) is 1. The SMILES string of the molecule is CC(C)C(CNC(=O)c1cc(Cl)c(N)c(Cl)c1)C(=O)O. The molecule has 0 heterocycles. The zero-order valence-corrected chi connectivity index (χ0v) is 12.6. The van der Waals surface area contributed by atoms with Crippen LogP contribution in [0, 0.1) is 11.8 Å². The first-order valence-corrected chi connectivity index (χ1v) is 6.75. The molecule has 0 aliphatic heterocycles. The van der Waals surface area contributed by atoms with Gasteiger partial charge in [-0.15, -0.1) is 0 Å². The first-order valence-electron chi connectivity index (χ1n) is 5.99. The van der Waals surface area contributed by atoms with Crippen LogP contribution in [0.5, 0.6) is 0 Å². The molecule has 0 radical (unpaired) electrons. The summed E-state index contributed by atoms with van der Waals surface area (Å²) in [5.74, 6) is -2.14. The van der Waals surface area contributed by atoms with Gasteiger partial charge in [-0.05, 0) is 18.1 Å². The highest BCUT2D eigenvalue weighted by molar-refractivity contribution is 6.39. The lowest BCUT2D eigenvalue weighted by Crippen LogP contribution is -2.35. The van der Waals surface area contributed by atoms with Crippen LogP contribution in [0.25, 0.3) is 0 Å². The van der Waals surface area contributed by atoms with Crippen LogP contribution in [0.3, 0.4) is 0 Å². The minimum Gasteiger partial charge on any atom is -0.481 e. The molecule has 0 aliphatic carbocycles. The average molecular weight is 319 g/mol. The Morgan fingerprint density at radius 1 is 1.30 bits per heavy atom. The van der Waals surface area contributed by atoms with E-state index in [1.54, 1.807) is 13.8 Å². The molecule has 0 aliphatic rings. The lowest BCUT2D eigenvalue weighted by molar-refractivity contribution is -0.142. The van der Waals surface area contributed by atoms with Crippen LogP contribution in [-0.4, -0.2) is 23.5 Å². The summed E-state index contributed by atoms with van der Waals surface area (Å²) in [6.07, 6.45) is 0. The Balaban J connectivity index is 2.79. The van der Waals surface area contributed by atoms with Crippen LogP contribution in [0.2, 0.25) is 10.0 Å². The van der Waals surface area contributed by atoms with Crippen molar-refractivity contribution in [1.29, 1.82) is 0 Å². The predicted molar refractivity (Wildman–Crippen MR) is 79.2 cm³/mol. The van der Waals surface area contributed by atoms with E-state index < -0.39 is 17.8 Å². The van der Waals surface area contributed by atoms with Gasteiger partial charge in [-0.1, -0.05) is 37.0 Å². The number of carboxylic acids is 1. The van der Waals surface area contributed by atoms with E-state index in [-0.39, 0.29) is 33.8 Å². The number of aliphatic carboxylic acids is 1. The lowest BCUT2D eigenvalue weighted by Gasteiger charge is -2.17. The molecule has 0 spiro atoms. The average Bonchev–Trinajstić information content (AvgIpc) is 2.34. The molecule has 0 saturated heterocycles. The van der Waals surface area contributed by atoms with Crippen molar-refractivity contribution in [3.05, 3.63) is 27.7 Å². The van der Waals surface area contributed by atoms with Crippen LogP contribution in [0.1, 0.15) is 24.2 Å². The van der Waals surface area contributed by atoms with E-state index in [1.165, 1.54) is 12.1 Å². The van der Waals surface area contributed by atoms with E-state index in [4.69, 9.17) is 34.0 Å². The molecule has 1 aromatic rings. The molecule has 5 nitrogen and oxygen atoms in total. The number of rotatable bonds is 5. The van der Waals surface area contributed by atoms with Crippen molar-refractivity contribution in [3.8, 4) is 0 Å². The van der Waals surface area contributed by atoms with Gasteiger partial charge >= 0.3 is 5.97 Å². The third-order valence-electron chi connectivity index (χ3n) is 2.95. The topological polar surface area (TPSA) is 92.4 Å². The van der Waals surface area contributed by atoms with Crippen molar-refractivity contribution in [2.75, 3.05) is 12.3 Å². The Morgan fingerprint density at radius 2 is 1.80 bits per heavy atom. The predicted octanol–water partition coefficient (Wildman–Crippen LogP) is 2.66. The largest absolute Gasteiger partial charge is 0.481 e. The van der Waals surface area contributed by atoms with Gasteiger partial charge in [0.05, 0.1) is 21.7 Å². The van der Waals surface area contributed by atoms with Gasteiger partial charge in [0.2, 0.25) is 0 Å². The molecular weight excluding hydrogens is 303 g/mol. The molecular formula is C13H16Cl2N2O3. The number of hydrogen-bond acceptors (Lipinski definition) is 3. The zero-order valence-electron chi connectivity index (χ0n) is 11.1. The van der Waals surface area contributed by atoms with Gasteiger partial charge < -0.3 is 16.2 Å². The summed E-state index contributed by atoms with van der Waals surface area (Å²) in [7, 11) is 0. The number of nitrogens with one attached hydrogen (secondary N) is 1. The Morgan fingerprint density at radius 3 is 2.20 bits per heavy atom. The third-order valence-corrected chi connectivity index (χ3v) is 3.57. The minimum absolute atomic E-state index is 0.0332. The Kier molecular flexibility index (Phi) is 5.65. The second-order valence-corrected chi connectivity index (χ2v) is 5.57. The number of nitrogen functional groups attached to an aromatic ring is 1. The van der Waals surface area contributed by atoms with Crippen LogP contribution in [0.15, 0.2) is 12.1 Å². The zero-order chi connectivity index (χ0) is 15.4. The monoisotopic (exact) mass is 318 g/mol. The number of carbonyl (C=O) groups excluding carboxylic acids is 1. The molecule has 7 heteroatoms. The van der Waals surface area contributed by atoms with E-state index in [9.17, 15) is 9.59 Å². The van der Waals surface area contributed by atoms with Gasteiger partial charge in [0.15, 0.2) is 0 Å². The quantitative estimate of drug-likeness (QED) is 0.728. The first-order chi connectivity index (χ1) is 9.23. The van der Waals surface area contributed by atoms with Crippen molar-refractivity contribution < 1.29 is 14.7 Å². The van der Waals surface area contributed by atoms with Crippen molar-refractivity contribution in [2.45, 2.75) is 13.8 Å². The number of benzene rings is 1. The molecule has 1 amide bonds. The summed E-state index contributed by atoms with van der Waals surface area (Å²) >= 11 is 11.7. The molecule has 1 atom stereocenters. The molecule has 4 N–H and O–H groups in total. The Hall–Kier alpha value is -1.46. The lowest BCUT2D eigenvalue weighted by atomic mass is 9.96. The van der Waals surface area contributed by atoms with Crippen LogP contribution in [0.4, 0.5) is 5.69 Å².